The van der Waals surface area contributed by atoms with Gasteiger partial charge < -0.3 is 20.2 Å². The third-order valence-corrected chi connectivity index (χ3v) is 5.62. The van der Waals surface area contributed by atoms with Crippen molar-refractivity contribution in [3.63, 3.8) is 0 Å². The Labute approximate surface area is 136 Å². The van der Waals surface area contributed by atoms with E-state index in [0.717, 1.165) is 25.8 Å². The summed E-state index contributed by atoms with van der Waals surface area (Å²) in [6.07, 6.45) is 3.95. The van der Waals surface area contributed by atoms with E-state index < -0.39 is 11.4 Å². The second-order valence-electron chi connectivity index (χ2n) is 7.22. The largest absolute Gasteiger partial charge is 0.481 e. The van der Waals surface area contributed by atoms with Crippen LogP contribution in [-0.2, 0) is 9.59 Å². The van der Waals surface area contributed by atoms with Gasteiger partial charge in [0.25, 0.3) is 0 Å². The minimum atomic E-state index is -0.772. The van der Waals surface area contributed by atoms with Crippen LogP contribution in [0.5, 0.6) is 0 Å². The quantitative estimate of drug-likeness (QED) is 0.804. The molecule has 128 valence electrons. The molecule has 7 heteroatoms. The summed E-state index contributed by atoms with van der Waals surface area (Å²) in [6, 6.07) is -0.343. The molecule has 1 unspecified atom stereocenters. The van der Waals surface area contributed by atoms with Crippen LogP contribution in [0.15, 0.2) is 0 Å². The van der Waals surface area contributed by atoms with Gasteiger partial charge in [0, 0.05) is 38.6 Å². The number of hydrogen-bond acceptors (Lipinski definition) is 3. The number of nitrogens with zero attached hydrogens (tertiary/aromatic N) is 2. The topological polar surface area (TPSA) is 90.0 Å². The van der Waals surface area contributed by atoms with E-state index in [2.05, 4.69) is 5.32 Å². The molecule has 3 aliphatic rings. The number of likely N-dealkylation sites (tertiary alicyclic amines) is 2. The number of carbonyl (C=O) groups is 3. The minimum absolute atomic E-state index is 0.0706. The Hall–Kier alpha value is -1.79. The number of aliphatic carboxylic acids is 1. The highest BCUT2D eigenvalue weighted by atomic mass is 16.4. The maximum absolute atomic E-state index is 12.4. The fourth-order valence-corrected chi connectivity index (χ4v) is 4.37. The van der Waals surface area contributed by atoms with Crippen molar-refractivity contribution in [2.75, 3.05) is 26.2 Å². The molecular formula is C16H25N3O4. The van der Waals surface area contributed by atoms with Gasteiger partial charge >= 0.3 is 12.0 Å². The molecule has 0 bridgehead atoms. The van der Waals surface area contributed by atoms with Crippen molar-refractivity contribution < 1.29 is 19.5 Å². The first kappa shape index (κ1) is 16.1. The highest BCUT2D eigenvalue weighted by molar-refractivity contribution is 5.81. The Bertz CT molecular complexity index is 523. The molecule has 3 fully saturated rings. The van der Waals surface area contributed by atoms with E-state index in [9.17, 15) is 19.5 Å². The monoisotopic (exact) mass is 323 g/mol. The number of fused-ring (bicyclic) bond motifs is 1. The van der Waals surface area contributed by atoms with Crippen molar-refractivity contribution in [1.82, 2.24) is 15.1 Å². The SMILES string of the molecule is CC(CN1CCCC1=O)NC(=O)N1C[C@@H]2CCC[C@@]2(C(=O)O)C1. The number of hydrogen-bond donors (Lipinski definition) is 2. The summed E-state index contributed by atoms with van der Waals surface area (Å²) in [7, 11) is 0. The molecule has 0 aromatic heterocycles. The lowest BCUT2D eigenvalue weighted by molar-refractivity contribution is -0.149. The van der Waals surface area contributed by atoms with Crippen LogP contribution in [0.2, 0.25) is 0 Å². The molecule has 2 aliphatic heterocycles. The number of nitrogens with one attached hydrogen (secondary N) is 1. The summed E-state index contributed by atoms with van der Waals surface area (Å²) < 4.78 is 0. The average Bonchev–Trinajstić information content (AvgIpc) is 3.13. The van der Waals surface area contributed by atoms with Crippen molar-refractivity contribution in [3.05, 3.63) is 0 Å². The fraction of sp³-hybridized carbons (Fsp3) is 0.812. The smallest absolute Gasteiger partial charge is 0.317 e. The third kappa shape index (κ3) is 2.88. The normalized spacial score (nSPS) is 31.3. The van der Waals surface area contributed by atoms with Gasteiger partial charge in [-0.15, -0.1) is 0 Å². The maximum Gasteiger partial charge on any atom is 0.317 e. The van der Waals surface area contributed by atoms with E-state index >= 15 is 0 Å². The van der Waals surface area contributed by atoms with Crippen molar-refractivity contribution >= 4 is 17.9 Å². The van der Waals surface area contributed by atoms with Gasteiger partial charge in [0.15, 0.2) is 0 Å². The molecule has 0 radical (unpaired) electrons. The molecule has 2 saturated heterocycles. The van der Waals surface area contributed by atoms with Crippen LogP contribution in [0.25, 0.3) is 0 Å². The van der Waals surface area contributed by atoms with Gasteiger partial charge in [0.2, 0.25) is 5.91 Å². The number of carboxylic acids is 1. The van der Waals surface area contributed by atoms with Gasteiger partial charge in [-0.2, -0.15) is 0 Å². The number of carboxylic acid groups (broad SMARTS) is 1. The Balaban J connectivity index is 1.55. The predicted molar refractivity (Wildman–Crippen MR) is 82.8 cm³/mol. The van der Waals surface area contributed by atoms with Gasteiger partial charge in [0.05, 0.1) is 5.41 Å². The van der Waals surface area contributed by atoms with Crippen LogP contribution in [0.3, 0.4) is 0 Å². The van der Waals surface area contributed by atoms with Crippen molar-refractivity contribution in [2.45, 2.75) is 45.1 Å². The minimum Gasteiger partial charge on any atom is -0.481 e. The highest BCUT2D eigenvalue weighted by Gasteiger charge is 2.55. The maximum atomic E-state index is 12.4. The second kappa shape index (κ2) is 6.02. The van der Waals surface area contributed by atoms with E-state index in [4.69, 9.17) is 0 Å². The average molecular weight is 323 g/mol. The standard InChI is InChI=1S/C16H25N3O4/c1-11(8-18-7-3-5-13(18)20)17-15(23)19-9-12-4-2-6-16(12,10-19)14(21)22/h11-12H,2-10H2,1H3,(H,17,23)(H,21,22)/t11?,12-,16+/m0/s1. The summed E-state index contributed by atoms with van der Waals surface area (Å²) in [6.45, 7) is 3.98. The van der Waals surface area contributed by atoms with E-state index in [-0.39, 0.29) is 23.9 Å². The first-order valence-corrected chi connectivity index (χ1v) is 8.49. The van der Waals surface area contributed by atoms with Crippen LogP contribution in [0.4, 0.5) is 4.79 Å². The van der Waals surface area contributed by atoms with Crippen LogP contribution in [0, 0.1) is 11.3 Å². The fourth-order valence-electron chi connectivity index (χ4n) is 4.37. The van der Waals surface area contributed by atoms with E-state index in [1.165, 1.54) is 0 Å². The van der Waals surface area contributed by atoms with Crippen LogP contribution in [-0.4, -0.2) is 65.0 Å². The lowest BCUT2D eigenvalue weighted by Gasteiger charge is -2.26. The number of urea groups is 1. The highest BCUT2D eigenvalue weighted by Crippen LogP contribution is 2.48. The lowest BCUT2D eigenvalue weighted by atomic mass is 9.81. The summed E-state index contributed by atoms with van der Waals surface area (Å²) in [5, 5.41) is 12.5. The van der Waals surface area contributed by atoms with Crippen LogP contribution < -0.4 is 5.32 Å². The van der Waals surface area contributed by atoms with Gasteiger partial charge in [-0.1, -0.05) is 6.42 Å². The van der Waals surface area contributed by atoms with Gasteiger partial charge in [0.1, 0.15) is 0 Å². The molecule has 1 saturated carbocycles. The Morgan fingerprint density at radius 2 is 2.22 bits per heavy atom. The molecule has 3 atom stereocenters. The molecule has 3 rings (SSSR count). The van der Waals surface area contributed by atoms with Crippen molar-refractivity contribution in [2.24, 2.45) is 11.3 Å². The molecule has 1 aliphatic carbocycles. The van der Waals surface area contributed by atoms with E-state index in [1.54, 1.807) is 9.80 Å². The number of rotatable bonds is 4. The molecule has 0 spiro atoms. The molecule has 2 heterocycles. The zero-order chi connectivity index (χ0) is 16.6. The summed E-state index contributed by atoms with van der Waals surface area (Å²) in [5.74, 6) is -0.557. The summed E-state index contributed by atoms with van der Waals surface area (Å²) >= 11 is 0. The zero-order valence-corrected chi connectivity index (χ0v) is 13.6. The van der Waals surface area contributed by atoms with E-state index in [0.29, 0.717) is 32.5 Å². The summed E-state index contributed by atoms with van der Waals surface area (Å²) in [4.78, 5) is 39.1. The van der Waals surface area contributed by atoms with Gasteiger partial charge in [-0.3, -0.25) is 9.59 Å². The molecule has 2 N–H and O–H groups in total. The second-order valence-corrected chi connectivity index (χ2v) is 7.22. The zero-order valence-electron chi connectivity index (χ0n) is 13.6. The number of carbonyl (C=O) groups excluding carboxylic acids is 2. The first-order chi connectivity index (χ1) is 10.9. The van der Waals surface area contributed by atoms with Gasteiger partial charge in [-0.05, 0) is 32.1 Å². The third-order valence-electron chi connectivity index (χ3n) is 5.62. The summed E-state index contributed by atoms with van der Waals surface area (Å²) in [5.41, 5.74) is -0.745. The Morgan fingerprint density at radius 1 is 1.43 bits per heavy atom. The van der Waals surface area contributed by atoms with Gasteiger partial charge in [-0.25, -0.2) is 4.79 Å². The Kier molecular flexibility index (Phi) is 4.21. The molecule has 7 nitrogen and oxygen atoms in total. The van der Waals surface area contributed by atoms with Crippen LogP contribution >= 0.6 is 0 Å². The first-order valence-electron chi connectivity index (χ1n) is 8.49. The molecule has 0 aromatic rings. The molecule has 3 amide bonds. The number of amides is 3. The molecular weight excluding hydrogens is 298 g/mol. The molecule has 0 aromatic carbocycles. The Morgan fingerprint density at radius 3 is 2.83 bits per heavy atom. The predicted octanol–water partition coefficient (Wildman–Crippen LogP) is 0.894. The molecule has 23 heavy (non-hydrogen) atoms. The lowest BCUT2D eigenvalue weighted by Crippen LogP contribution is -2.48. The van der Waals surface area contributed by atoms with Crippen molar-refractivity contribution in [3.8, 4) is 0 Å². The van der Waals surface area contributed by atoms with Crippen LogP contribution in [0.1, 0.15) is 39.0 Å². The van der Waals surface area contributed by atoms with E-state index in [1.807, 2.05) is 6.92 Å². The van der Waals surface area contributed by atoms with Crippen molar-refractivity contribution in [1.29, 1.82) is 0 Å².